The Kier molecular flexibility index (Phi) is 6.78. The van der Waals surface area contributed by atoms with Crippen LogP contribution in [0.2, 0.25) is 0 Å². The van der Waals surface area contributed by atoms with Gasteiger partial charge in [-0.05, 0) is 53.1 Å². The van der Waals surface area contributed by atoms with Gasteiger partial charge in [0.25, 0.3) is 0 Å². The van der Waals surface area contributed by atoms with E-state index >= 15 is 0 Å². The first-order chi connectivity index (χ1) is 11.7. The Hall–Kier alpha value is -1.67. The highest BCUT2D eigenvalue weighted by atomic mass is 16.2. The molecule has 2 fully saturated rings. The molecule has 0 atom stereocenters. The van der Waals surface area contributed by atoms with Gasteiger partial charge in [0.15, 0.2) is 0 Å². The zero-order valence-corrected chi connectivity index (χ0v) is 15.6. The molecule has 4 amide bonds. The molecular formula is C17H31N5O3. The average Bonchev–Trinajstić information content (AvgIpc) is 3.26. The Morgan fingerprint density at radius 1 is 0.920 bits per heavy atom. The molecule has 25 heavy (non-hydrogen) atoms. The van der Waals surface area contributed by atoms with E-state index in [4.69, 9.17) is 0 Å². The molecule has 3 N–H and O–H groups in total. The van der Waals surface area contributed by atoms with Crippen molar-refractivity contribution >= 4 is 17.8 Å². The van der Waals surface area contributed by atoms with Crippen LogP contribution in [0, 0.1) is 0 Å². The second-order valence-electron chi connectivity index (χ2n) is 8.00. The fourth-order valence-electron chi connectivity index (χ4n) is 2.82. The highest BCUT2D eigenvalue weighted by Gasteiger charge is 2.25. The van der Waals surface area contributed by atoms with Crippen LogP contribution in [0.5, 0.6) is 0 Å². The van der Waals surface area contributed by atoms with Gasteiger partial charge in [-0.2, -0.15) is 0 Å². The predicted molar refractivity (Wildman–Crippen MR) is 95.1 cm³/mol. The molecule has 0 aromatic carbocycles. The maximum atomic E-state index is 12.0. The number of rotatable bonds is 5. The summed E-state index contributed by atoms with van der Waals surface area (Å²) in [6.07, 6.45) is 2.88. The van der Waals surface area contributed by atoms with E-state index in [9.17, 15) is 14.4 Å². The molecule has 0 aromatic rings. The third kappa shape index (κ3) is 8.31. The summed E-state index contributed by atoms with van der Waals surface area (Å²) in [7, 11) is 0. The molecule has 2 rings (SSSR count). The second kappa shape index (κ2) is 8.62. The number of nitrogens with one attached hydrogen (secondary N) is 3. The van der Waals surface area contributed by atoms with E-state index in [-0.39, 0.29) is 29.9 Å². The molecule has 142 valence electrons. The molecule has 0 spiro atoms. The van der Waals surface area contributed by atoms with Gasteiger partial charge in [-0.3, -0.25) is 24.7 Å². The molecule has 1 aliphatic heterocycles. The van der Waals surface area contributed by atoms with Crippen LogP contribution in [0.4, 0.5) is 4.79 Å². The van der Waals surface area contributed by atoms with Gasteiger partial charge in [0.1, 0.15) is 0 Å². The van der Waals surface area contributed by atoms with Crippen LogP contribution in [0.1, 0.15) is 40.0 Å². The van der Waals surface area contributed by atoms with Crippen molar-refractivity contribution in [3.05, 3.63) is 0 Å². The van der Waals surface area contributed by atoms with Crippen LogP contribution in [0.25, 0.3) is 0 Å². The van der Waals surface area contributed by atoms with E-state index in [1.807, 2.05) is 25.7 Å². The van der Waals surface area contributed by atoms with Crippen LogP contribution in [0.3, 0.4) is 0 Å². The summed E-state index contributed by atoms with van der Waals surface area (Å²) in [5, 5.41) is 8.09. The SMILES string of the molecule is CC(C)(C)NC(=O)CN1CCCN(CC(=O)NC(=O)NC2CC2)CC1. The van der Waals surface area contributed by atoms with Crippen molar-refractivity contribution in [2.45, 2.75) is 51.6 Å². The van der Waals surface area contributed by atoms with Gasteiger partial charge >= 0.3 is 6.03 Å². The van der Waals surface area contributed by atoms with Crippen molar-refractivity contribution in [1.29, 1.82) is 0 Å². The number of hydrogen-bond donors (Lipinski definition) is 3. The lowest BCUT2D eigenvalue weighted by atomic mass is 10.1. The zero-order valence-electron chi connectivity index (χ0n) is 15.6. The van der Waals surface area contributed by atoms with Crippen LogP contribution in [-0.4, -0.2) is 78.5 Å². The predicted octanol–water partition coefficient (Wildman–Crippen LogP) is -0.103. The Morgan fingerprint density at radius 3 is 2.00 bits per heavy atom. The van der Waals surface area contributed by atoms with Gasteiger partial charge in [-0.15, -0.1) is 0 Å². The van der Waals surface area contributed by atoms with E-state index in [0.29, 0.717) is 13.1 Å². The molecule has 1 saturated heterocycles. The lowest BCUT2D eigenvalue weighted by molar-refractivity contribution is -0.124. The Bertz CT molecular complexity index is 499. The number of amides is 4. The zero-order chi connectivity index (χ0) is 18.4. The van der Waals surface area contributed by atoms with E-state index in [1.54, 1.807) is 0 Å². The monoisotopic (exact) mass is 353 g/mol. The minimum absolute atomic E-state index is 0.0236. The summed E-state index contributed by atoms with van der Waals surface area (Å²) in [6.45, 7) is 9.54. The first kappa shape index (κ1) is 19.7. The topological polar surface area (TPSA) is 93.8 Å². The molecular weight excluding hydrogens is 322 g/mol. The Labute approximate surface area is 149 Å². The summed E-state index contributed by atoms with van der Waals surface area (Å²) in [4.78, 5) is 39.7. The summed E-state index contributed by atoms with van der Waals surface area (Å²) in [5.41, 5.74) is -0.228. The lowest BCUT2D eigenvalue weighted by Crippen LogP contribution is -2.47. The summed E-state index contributed by atoms with van der Waals surface area (Å²) in [5.74, 6) is -0.257. The van der Waals surface area contributed by atoms with E-state index in [0.717, 1.165) is 38.9 Å². The Morgan fingerprint density at radius 2 is 1.48 bits per heavy atom. The standard InChI is InChI=1S/C17H31N5O3/c1-17(2,3)20-15(24)12-22-8-4-7-21(9-10-22)11-14(23)19-16(25)18-13-5-6-13/h13H,4-12H2,1-3H3,(H,20,24)(H2,18,19,23,25). The third-order valence-corrected chi connectivity index (χ3v) is 4.10. The Balaban J connectivity index is 1.68. The maximum absolute atomic E-state index is 12.0. The normalized spacial score (nSPS) is 19.8. The van der Waals surface area contributed by atoms with Crippen LogP contribution >= 0.6 is 0 Å². The minimum atomic E-state index is -0.400. The van der Waals surface area contributed by atoms with Gasteiger partial charge in [0.2, 0.25) is 11.8 Å². The molecule has 0 radical (unpaired) electrons. The molecule has 1 heterocycles. The van der Waals surface area contributed by atoms with Crippen LogP contribution in [-0.2, 0) is 9.59 Å². The fourth-order valence-corrected chi connectivity index (χ4v) is 2.82. The molecule has 8 nitrogen and oxygen atoms in total. The average molecular weight is 353 g/mol. The first-order valence-corrected chi connectivity index (χ1v) is 9.07. The maximum Gasteiger partial charge on any atom is 0.321 e. The van der Waals surface area contributed by atoms with Gasteiger partial charge in [0.05, 0.1) is 13.1 Å². The molecule has 0 aromatic heterocycles. The van der Waals surface area contributed by atoms with Crippen molar-refractivity contribution in [2.75, 3.05) is 39.3 Å². The highest BCUT2D eigenvalue weighted by molar-refractivity contribution is 5.95. The van der Waals surface area contributed by atoms with Gasteiger partial charge in [-0.25, -0.2) is 4.79 Å². The highest BCUT2D eigenvalue weighted by Crippen LogP contribution is 2.18. The molecule has 1 aliphatic carbocycles. The smallest absolute Gasteiger partial charge is 0.321 e. The third-order valence-electron chi connectivity index (χ3n) is 4.10. The molecule has 0 bridgehead atoms. The van der Waals surface area contributed by atoms with E-state index < -0.39 is 6.03 Å². The van der Waals surface area contributed by atoms with Crippen molar-refractivity contribution in [2.24, 2.45) is 0 Å². The molecule has 2 aliphatic rings. The number of carbonyl (C=O) groups is 3. The van der Waals surface area contributed by atoms with Gasteiger partial charge in [-0.1, -0.05) is 0 Å². The molecule has 1 saturated carbocycles. The molecule has 8 heteroatoms. The number of hydrogen-bond acceptors (Lipinski definition) is 5. The number of urea groups is 1. The number of carbonyl (C=O) groups excluding carboxylic acids is 3. The number of nitrogens with zero attached hydrogens (tertiary/aromatic N) is 2. The van der Waals surface area contributed by atoms with Crippen molar-refractivity contribution in [1.82, 2.24) is 25.8 Å². The summed E-state index contributed by atoms with van der Waals surface area (Å²) >= 11 is 0. The van der Waals surface area contributed by atoms with Crippen molar-refractivity contribution < 1.29 is 14.4 Å². The van der Waals surface area contributed by atoms with Crippen molar-refractivity contribution in [3.8, 4) is 0 Å². The van der Waals surface area contributed by atoms with E-state index in [1.165, 1.54) is 0 Å². The van der Waals surface area contributed by atoms with Crippen LogP contribution < -0.4 is 16.0 Å². The second-order valence-corrected chi connectivity index (χ2v) is 8.00. The quantitative estimate of drug-likeness (QED) is 0.642. The van der Waals surface area contributed by atoms with Crippen LogP contribution in [0.15, 0.2) is 0 Å². The lowest BCUT2D eigenvalue weighted by Gasteiger charge is -2.25. The van der Waals surface area contributed by atoms with E-state index in [2.05, 4.69) is 20.9 Å². The summed E-state index contributed by atoms with van der Waals surface area (Å²) < 4.78 is 0. The largest absolute Gasteiger partial charge is 0.350 e. The van der Waals surface area contributed by atoms with Gasteiger partial charge < -0.3 is 10.6 Å². The van der Waals surface area contributed by atoms with Gasteiger partial charge in [0, 0.05) is 24.7 Å². The first-order valence-electron chi connectivity index (χ1n) is 9.07. The minimum Gasteiger partial charge on any atom is -0.350 e. The summed E-state index contributed by atoms with van der Waals surface area (Å²) in [6, 6.07) is -0.165. The molecule has 0 unspecified atom stereocenters. The number of imide groups is 1. The van der Waals surface area contributed by atoms with Crippen molar-refractivity contribution in [3.63, 3.8) is 0 Å². The fraction of sp³-hybridized carbons (Fsp3) is 0.824.